The van der Waals surface area contributed by atoms with E-state index in [1.807, 2.05) is 19.9 Å². The van der Waals surface area contributed by atoms with E-state index in [9.17, 15) is 10.1 Å². The maximum atomic E-state index is 10.8. The molecular formula is C20H18IN3O3. The third kappa shape index (κ3) is 4.54. The van der Waals surface area contributed by atoms with Crippen molar-refractivity contribution in [1.82, 2.24) is 4.57 Å². The highest BCUT2D eigenvalue weighted by atomic mass is 127. The van der Waals surface area contributed by atoms with Gasteiger partial charge in [-0.15, -0.1) is 0 Å². The molecule has 0 aliphatic heterocycles. The standard InChI is InChI=1S/C20H18IN3O3/c1-14-10-17(15(2)23(14)19-8-6-18(21)7-9-19)12-22-27-13-16-4-3-5-20(11-16)24(25)26/h3-12H,13H2,1-2H3/b22-12+. The molecule has 0 unspecified atom stereocenters. The summed E-state index contributed by atoms with van der Waals surface area (Å²) in [5.41, 5.74) is 4.98. The lowest BCUT2D eigenvalue weighted by atomic mass is 10.2. The van der Waals surface area contributed by atoms with Crippen molar-refractivity contribution in [3.63, 3.8) is 0 Å². The molecule has 0 bridgehead atoms. The molecule has 3 rings (SSSR count). The predicted molar refractivity (Wildman–Crippen MR) is 113 cm³/mol. The van der Waals surface area contributed by atoms with Crippen molar-refractivity contribution in [2.45, 2.75) is 20.5 Å². The number of rotatable bonds is 6. The number of aryl methyl sites for hydroxylation is 1. The second kappa shape index (κ2) is 8.34. The molecule has 7 heteroatoms. The summed E-state index contributed by atoms with van der Waals surface area (Å²) >= 11 is 2.29. The molecule has 0 aliphatic rings. The van der Waals surface area contributed by atoms with Crippen molar-refractivity contribution in [2.24, 2.45) is 5.16 Å². The quantitative estimate of drug-likeness (QED) is 0.214. The summed E-state index contributed by atoms with van der Waals surface area (Å²) in [4.78, 5) is 15.7. The number of nitro benzene ring substituents is 1. The molecule has 0 radical (unpaired) electrons. The second-order valence-electron chi connectivity index (χ2n) is 6.07. The fraction of sp³-hybridized carbons (Fsp3) is 0.150. The van der Waals surface area contributed by atoms with Gasteiger partial charge in [-0.2, -0.15) is 0 Å². The van der Waals surface area contributed by atoms with Gasteiger partial charge in [-0.3, -0.25) is 10.1 Å². The predicted octanol–water partition coefficient (Wildman–Crippen LogP) is 5.16. The topological polar surface area (TPSA) is 69.7 Å². The first-order valence-corrected chi connectivity index (χ1v) is 9.37. The third-order valence-corrected chi connectivity index (χ3v) is 4.89. The van der Waals surface area contributed by atoms with E-state index in [0.29, 0.717) is 5.56 Å². The van der Waals surface area contributed by atoms with Crippen LogP contribution in [-0.2, 0) is 11.4 Å². The van der Waals surface area contributed by atoms with Gasteiger partial charge in [-0.05, 0) is 72.3 Å². The van der Waals surface area contributed by atoms with Crippen molar-refractivity contribution in [3.8, 4) is 5.69 Å². The van der Waals surface area contributed by atoms with Crippen LogP contribution >= 0.6 is 22.6 Å². The third-order valence-electron chi connectivity index (χ3n) is 4.17. The molecule has 0 spiro atoms. The highest BCUT2D eigenvalue weighted by Gasteiger charge is 2.09. The zero-order valence-electron chi connectivity index (χ0n) is 14.9. The van der Waals surface area contributed by atoms with Gasteiger partial charge in [0.2, 0.25) is 0 Å². The molecule has 1 aromatic heterocycles. The molecular weight excluding hydrogens is 457 g/mol. The second-order valence-corrected chi connectivity index (χ2v) is 7.32. The van der Waals surface area contributed by atoms with Gasteiger partial charge < -0.3 is 9.40 Å². The number of aromatic nitrogens is 1. The summed E-state index contributed by atoms with van der Waals surface area (Å²) < 4.78 is 3.35. The maximum absolute atomic E-state index is 10.8. The van der Waals surface area contributed by atoms with E-state index >= 15 is 0 Å². The van der Waals surface area contributed by atoms with E-state index in [0.717, 1.165) is 22.6 Å². The van der Waals surface area contributed by atoms with E-state index in [-0.39, 0.29) is 12.3 Å². The summed E-state index contributed by atoms with van der Waals surface area (Å²) in [6, 6.07) is 16.7. The van der Waals surface area contributed by atoms with Crippen LogP contribution in [0.4, 0.5) is 5.69 Å². The minimum atomic E-state index is -0.424. The lowest BCUT2D eigenvalue weighted by molar-refractivity contribution is -0.384. The Kier molecular flexibility index (Phi) is 5.90. The molecule has 2 aromatic carbocycles. The number of hydrogen-bond donors (Lipinski definition) is 0. The van der Waals surface area contributed by atoms with Crippen LogP contribution in [-0.4, -0.2) is 15.7 Å². The highest BCUT2D eigenvalue weighted by molar-refractivity contribution is 14.1. The smallest absolute Gasteiger partial charge is 0.269 e. The fourth-order valence-corrected chi connectivity index (χ4v) is 3.23. The molecule has 0 atom stereocenters. The zero-order valence-corrected chi connectivity index (χ0v) is 17.1. The van der Waals surface area contributed by atoms with Crippen LogP contribution in [0.2, 0.25) is 0 Å². The van der Waals surface area contributed by atoms with Crippen molar-refractivity contribution in [2.75, 3.05) is 0 Å². The summed E-state index contributed by atoms with van der Waals surface area (Å²) in [6.07, 6.45) is 1.67. The molecule has 1 heterocycles. The molecule has 0 aliphatic carbocycles. The van der Waals surface area contributed by atoms with Crippen molar-refractivity contribution in [1.29, 1.82) is 0 Å². The van der Waals surface area contributed by atoms with Crippen LogP contribution in [0, 0.1) is 27.5 Å². The molecule has 6 nitrogen and oxygen atoms in total. The highest BCUT2D eigenvalue weighted by Crippen LogP contribution is 2.21. The van der Waals surface area contributed by atoms with Crippen LogP contribution in [0.15, 0.2) is 59.8 Å². The van der Waals surface area contributed by atoms with E-state index < -0.39 is 4.92 Å². The molecule has 0 saturated heterocycles. The Balaban J connectivity index is 1.71. The van der Waals surface area contributed by atoms with Crippen LogP contribution in [0.3, 0.4) is 0 Å². The largest absolute Gasteiger partial charge is 0.391 e. The Labute approximate surface area is 170 Å². The monoisotopic (exact) mass is 475 g/mol. The number of halogens is 1. The lowest BCUT2D eigenvalue weighted by Gasteiger charge is -2.09. The van der Waals surface area contributed by atoms with Crippen molar-refractivity contribution < 1.29 is 9.76 Å². The van der Waals surface area contributed by atoms with Crippen LogP contribution in [0.25, 0.3) is 5.69 Å². The number of oxime groups is 1. The number of nitrogens with zero attached hydrogens (tertiary/aromatic N) is 3. The Bertz CT molecular complexity index is 994. The fourth-order valence-electron chi connectivity index (χ4n) is 2.87. The molecule has 138 valence electrons. The van der Waals surface area contributed by atoms with Gasteiger partial charge in [-0.1, -0.05) is 17.3 Å². The van der Waals surface area contributed by atoms with Gasteiger partial charge in [-0.25, -0.2) is 0 Å². The Hall–Kier alpha value is -2.68. The molecule has 27 heavy (non-hydrogen) atoms. The summed E-state index contributed by atoms with van der Waals surface area (Å²) in [5, 5.41) is 14.8. The molecule has 3 aromatic rings. The van der Waals surface area contributed by atoms with Gasteiger partial charge in [0.15, 0.2) is 0 Å². The summed E-state index contributed by atoms with van der Waals surface area (Å²) in [6.45, 7) is 4.26. The number of hydrogen-bond acceptors (Lipinski definition) is 4. The Morgan fingerprint density at radius 1 is 1.19 bits per heavy atom. The molecule has 0 amide bonds. The average Bonchev–Trinajstić information content (AvgIpc) is 2.93. The first-order valence-electron chi connectivity index (χ1n) is 8.29. The minimum Gasteiger partial charge on any atom is -0.391 e. The number of benzene rings is 2. The van der Waals surface area contributed by atoms with E-state index in [1.165, 1.54) is 15.7 Å². The maximum Gasteiger partial charge on any atom is 0.269 e. The first kappa shape index (κ1) is 19.1. The van der Waals surface area contributed by atoms with Gasteiger partial charge in [0.1, 0.15) is 6.61 Å². The summed E-state index contributed by atoms with van der Waals surface area (Å²) in [7, 11) is 0. The molecule has 0 fully saturated rings. The number of nitro groups is 1. The van der Waals surface area contributed by atoms with Gasteiger partial charge in [0.25, 0.3) is 5.69 Å². The molecule has 0 N–H and O–H groups in total. The van der Waals surface area contributed by atoms with Crippen LogP contribution < -0.4 is 0 Å². The summed E-state index contributed by atoms with van der Waals surface area (Å²) in [5.74, 6) is 0. The lowest BCUT2D eigenvalue weighted by Crippen LogP contribution is -1.99. The number of non-ortho nitro benzene ring substituents is 1. The van der Waals surface area contributed by atoms with Gasteiger partial charge >= 0.3 is 0 Å². The molecule has 0 saturated carbocycles. The van der Waals surface area contributed by atoms with Crippen molar-refractivity contribution in [3.05, 3.63) is 90.8 Å². The Morgan fingerprint density at radius 3 is 2.63 bits per heavy atom. The van der Waals surface area contributed by atoms with Crippen LogP contribution in [0.1, 0.15) is 22.5 Å². The minimum absolute atomic E-state index is 0.0427. The van der Waals surface area contributed by atoms with E-state index in [2.05, 4.69) is 56.6 Å². The van der Waals surface area contributed by atoms with Crippen LogP contribution in [0.5, 0.6) is 0 Å². The Morgan fingerprint density at radius 2 is 1.93 bits per heavy atom. The van der Waals surface area contributed by atoms with Gasteiger partial charge in [0.05, 0.1) is 11.1 Å². The first-order chi connectivity index (χ1) is 13.0. The average molecular weight is 475 g/mol. The SMILES string of the molecule is Cc1cc(/C=N/OCc2cccc([N+](=O)[O-])c2)c(C)n1-c1ccc(I)cc1. The van der Waals surface area contributed by atoms with Crippen molar-refractivity contribution >= 4 is 34.5 Å². The van der Waals surface area contributed by atoms with E-state index in [1.54, 1.807) is 18.3 Å². The van der Waals surface area contributed by atoms with E-state index in [4.69, 9.17) is 4.84 Å². The van der Waals surface area contributed by atoms with Gasteiger partial charge in [0, 0.05) is 38.3 Å². The zero-order chi connectivity index (χ0) is 19.4. The normalized spacial score (nSPS) is 11.1.